The van der Waals surface area contributed by atoms with Gasteiger partial charge in [0.2, 0.25) is 0 Å². The molecular formula is C12H15F2O. The van der Waals surface area contributed by atoms with E-state index in [-0.39, 0.29) is 12.4 Å². The minimum Gasteiger partial charge on any atom is -0.490 e. The van der Waals surface area contributed by atoms with Crippen LogP contribution in [-0.4, -0.2) is 13.3 Å². The van der Waals surface area contributed by atoms with Crippen LogP contribution in [0.25, 0.3) is 0 Å². The second kappa shape index (κ2) is 7.21. The van der Waals surface area contributed by atoms with E-state index in [4.69, 9.17) is 4.74 Å². The van der Waals surface area contributed by atoms with Crippen LogP contribution in [0.3, 0.4) is 0 Å². The van der Waals surface area contributed by atoms with E-state index in [0.717, 1.165) is 19.3 Å². The second-order valence-electron chi connectivity index (χ2n) is 3.30. The molecular weight excluding hydrogens is 198 g/mol. The third-order valence-electron chi connectivity index (χ3n) is 2.06. The standard InChI is InChI=1S/C12H15F2O/c13-9-5-1-2-6-10-15-12-8-4-3-7-11(12)14/h3-4,8H,1-2,5-6,9-10H2. The Kier molecular flexibility index (Phi) is 5.74. The van der Waals surface area contributed by atoms with Gasteiger partial charge in [0, 0.05) is 6.07 Å². The van der Waals surface area contributed by atoms with Crippen molar-refractivity contribution in [3.8, 4) is 5.75 Å². The topological polar surface area (TPSA) is 9.23 Å². The molecule has 0 atom stereocenters. The number of alkyl halides is 1. The third-order valence-corrected chi connectivity index (χ3v) is 2.06. The number of hydrogen-bond acceptors (Lipinski definition) is 1. The largest absolute Gasteiger partial charge is 0.490 e. The molecule has 0 aromatic heterocycles. The lowest BCUT2D eigenvalue weighted by Crippen LogP contribution is -1.99. The predicted molar refractivity (Wildman–Crippen MR) is 55.2 cm³/mol. The van der Waals surface area contributed by atoms with Crippen LogP contribution in [0.1, 0.15) is 25.7 Å². The number of unbranched alkanes of at least 4 members (excludes halogenated alkanes) is 3. The van der Waals surface area contributed by atoms with Crippen molar-refractivity contribution in [2.45, 2.75) is 25.7 Å². The van der Waals surface area contributed by atoms with Gasteiger partial charge in [-0.05, 0) is 25.3 Å². The normalized spacial score (nSPS) is 10.3. The number of halogens is 2. The van der Waals surface area contributed by atoms with E-state index in [1.165, 1.54) is 6.07 Å². The summed E-state index contributed by atoms with van der Waals surface area (Å²) in [5.74, 6) is -0.218. The van der Waals surface area contributed by atoms with Gasteiger partial charge in [-0.25, -0.2) is 4.39 Å². The van der Waals surface area contributed by atoms with Gasteiger partial charge < -0.3 is 4.74 Å². The minimum absolute atomic E-state index is 0.239. The molecule has 1 rings (SSSR count). The van der Waals surface area contributed by atoms with Gasteiger partial charge in [0.1, 0.15) is 0 Å². The number of ether oxygens (including phenoxy) is 1. The number of benzene rings is 1. The van der Waals surface area contributed by atoms with Gasteiger partial charge in [-0.2, -0.15) is 0 Å². The first-order chi connectivity index (χ1) is 7.34. The van der Waals surface area contributed by atoms with Crippen LogP contribution in [0.5, 0.6) is 5.75 Å². The Bertz CT molecular complexity index is 276. The first-order valence-electron chi connectivity index (χ1n) is 5.19. The molecule has 1 aromatic carbocycles. The lowest BCUT2D eigenvalue weighted by atomic mass is 10.2. The van der Waals surface area contributed by atoms with Gasteiger partial charge >= 0.3 is 0 Å². The maximum atomic E-state index is 13.0. The highest BCUT2D eigenvalue weighted by molar-refractivity contribution is 5.22. The zero-order chi connectivity index (χ0) is 10.9. The van der Waals surface area contributed by atoms with Gasteiger partial charge in [-0.15, -0.1) is 0 Å². The summed E-state index contributed by atoms with van der Waals surface area (Å²) >= 11 is 0. The van der Waals surface area contributed by atoms with Crippen LogP contribution in [0, 0.1) is 11.9 Å². The molecule has 0 amide bonds. The Morgan fingerprint density at radius 2 is 2.00 bits per heavy atom. The van der Waals surface area contributed by atoms with E-state index in [1.54, 1.807) is 12.1 Å². The average molecular weight is 213 g/mol. The number of rotatable bonds is 7. The maximum absolute atomic E-state index is 13.0. The summed E-state index contributed by atoms with van der Waals surface area (Å²) in [5.41, 5.74) is 0. The van der Waals surface area contributed by atoms with Gasteiger partial charge in [-0.3, -0.25) is 4.39 Å². The Labute approximate surface area is 89.1 Å². The Morgan fingerprint density at radius 1 is 1.20 bits per heavy atom. The van der Waals surface area contributed by atoms with Crippen LogP contribution in [0.15, 0.2) is 18.2 Å². The Morgan fingerprint density at radius 3 is 2.73 bits per heavy atom. The summed E-state index contributed by atoms with van der Waals surface area (Å²) < 4.78 is 29.9. The Balaban J connectivity index is 2.12. The summed E-state index contributed by atoms with van der Waals surface area (Å²) in [6, 6.07) is 7.18. The minimum atomic E-state index is -0.457. The highest BCUT2D eigenvalue weighted by Gasteiger charge is 2.00. The SMILES string of the molecule is FCCCCCCOc1ccc[c]c1F. The summed E-state index contributed by atoms with van der Waals surface area (Å²) in [4.78, 5) is 0. The molecule has 0 bridgehead atoms. The molecule has 0 saturated carbocycles. The van der Waals surface area contributed by atoms with Crippen molar-refractivity contribution in [3.05, 3.63) is 30.1 Å². The zero-order valence-corrected chi connectivity index (χ0v) is 8.64. The molecule has 0 aliphatic carbocycles. The summed E-state index contributed by atoms with van der Waals surface area (Å²) in [6.45, 7) is 0.212. The second-order valence-corrected chi connectivity index (χ2v) is 3.30. The van der Waals surface area contributed by atoms with Crippen LogP contribution < -0.4 is 4.74 Å². The molecule has 1 radical (unpaired) electrons. The smallest absolute Gasteiger partial charge is 0.172 e. The van der Waals surface area contributed by atoms with E-state index < -0.39 is 5.82 Å². The van der Waals surface area contributed by atoms with E-state index in [0.29, 0.717) is 13.0 Å². The van der Waals surface area contributed by atoms with Crippen molar-refractivity contribution < 1.29 is 13.5 Å². The highest BCUT2D eigenvalue weighted by Crippen LogP contribution is 2.15. The van der Waals surface area contributed by atoms with Crippen LogP contribution in [0.4, 0.5) is 8.78 Å². The molecule has 83 valence electrons. The van der Waals surface area contributed by atoms with Crippen molar-refractivity contribution in [2.24, 2.45) is 0 Å². The molecule has 3 heteroatoms. The molecule has 0 unspecified atom stereocenters. The molecule has 0 aliphatic rings. The lowest BCUT2D eigenvalue weighted by Gasteiger charge is -2.05. The average Bonchev–Trinajstić information content (AvgIpc) is 2.25. The molecule has 1 nitrogen and oxygen atoms in total. The van der Waals surface area contributed by atoms with Crippen molar-refractivity contribution >= 4 is 0 Å². The molecule has 15 heavy (non-hydrogen) atoms. The van der Waals surface area contributed by atoms with Crippen molar-refractivity contribution in [1.82, 2.24) is 0 Å². The fourth-order valence-electron chi connectivity index (χ4n) is 1.24. The Hall–Kier alpha value is -1.12. The number of hydrogen-bond donors (Lipinski definition) is 0. The van der Waals surface area contributed by atoms with Gasteiger partial charge in [0.15, 0.2) is 11.6 Å². The molecule has 0 saturated heterocycles. The van der Waals surface area contributed by atoms with E-state index in [2.05, 4.69) is 6.07 Å². The molecule has 0 N–H and O–H groups in total. The fourth-order valence-corrected chi connectivity index (χ4v) is 1.24. The quantitative estimate of drug-likeness (QED) is 0.629. The maximum Gasteiger partial charge on any atom is 0.172 e. The third kappa shape index (κ3) is 4.77. The summed E-state index contributed by atoms with van der Waals surface area (Å²) in [5, 5.41) is 0. The van der Waals surface area contributed by atoms with E-state index in [9.17, 15) is 8.78 Å². The molecule has 0 fully saturated rings. The van der Waals surface area contributed by atoms with Crippen LogP contribution >= 0.6 is 0 Å². The van der Waals surface area contributed by atoms with Crippen molar-refractivity contribution in [2.75, 3.05) is 13.3 Å². The van der Waals surface area contributed by atoms with Gasteiger partial charge in [0.25, 0.3) is 0 Å². The monoisotopic (exact) mass is 213 g/mol. The van der Waals surface area contributed by atoms with E-state index >= 15 is 0 Å². The first-order valence-corrected chi connectivity index (χ1v) is 5.19. The van der Waals surface area contributed by atoms with E-state index in [1.807, 2.05) is 0 Å². The molecule has 0 aliphatic heterocycles. The fraction of sp³-hybridized carbons (Fsp3) is 0.500. The van der Waals surface area contributed by atoms with Crippen molar-refractivity contribution in [3.63, 3.8) is 0 Å². The zero-order valence-electron chi connectivity index (χ0n) is 8.64. The summed E-state index contributed by atoms with van der Waals surface area (Å²) in [6.07, 6.45) is 3.22. The van der Waals surface area contributed by atoms with Gasteiger partial charge in [-0.1, -0.05) is 18.6 Å². The highest BCUT2D eigenvalue weighted by atomic mass is 19.1. The van der Waals surface area contributed by atoms with Gasteiger partial charge in [0.05, 0.1) is 13.3 Å². The first kappa shape index (κ1) is 12.0. The molecule has 1 aromatic rings. The predicted octanol–water partition coefficient (Wildman–Crippen LogP) is 3.53. The molecule has 0 spiro atoms. The van der Waals surface area contributed by atoms with Crippen LogP contribution in [-0.2, 0) is 0 Å². The molecule has 0 heterocycles. The lowest BCUT2D eigenvalue weighted by molar-refractivity contribution is 0.289. The van der Waals surface area contributed by atoms with Crippen molar-refractivity contribution in [1.29, 1.82) is 0 Å². The van der Waals surface area contributed by atoms with Crippen LogP contribution in [0.2, 0.25) is 0 Å². The summed E-state index contributed by atoms with van der Waals surface area (Å²) in [7, 11) is 0.